The normalized spacial score (nSPS) is 9.29. The molecule has 0 fully saturated rings. The first kappa shape index (κ1) is 7.95. The predicted molar refractivity (Wildman–Crippen MR) is 43.4 cm³/mol. The molecule has 2 N–H and O–H groups in total. The molecular weight excluding hydrogens is 182 g/mol. The smallest absolute Gasteiger partial charge is 0.191 e. The van der Waals surface area contributed by atoms with Crippen molar-refractivity contribution in [2.24, 2.45) is 0 Å². The number of hydrogen-bond acceptors (Lipinski definition) is 5. The fourth-order valence-electron chi connectivity index (χ4n) is 0.967. The number of imidazole rings is 1. The van der Waals surface area contributed by atoms with Crippen LogP contribution in [-0.4, -0.2) is 25.1 Å². The molecule has 7 nitrogen and oxygen atoms in total. The Labute approximate surface area is 78.0 Å². The zero-order valence-corrected chi connectivity index (χ0v) is 6.81. The number of H-pyrrole nitrogens is 2. The molecule has 0 spiro atoms. The summed E-state index contributed by atoms with van der Waals surface area (Å²) < 4.78 is 0. The lowest BCUT2D eigenvalue weighted by molar-refractivity contribution is 1.08. The minimum Gasteiger partial charge on any atom is -0.326 e. The van der Waals surface area contributed by atoms with E-state index in [2.05, 4.69) is 25.1 Å². The average Bonchev–Trinajstić information content (AvgIpc) is 2.85. The van der Waals surface area contributed by atoms with Gasteiger partial charge in [0.25, 0.3) is 0 Å². The summed E-state index contributed by atoms with van der Waals surface area (Å²) in [5.41, 5.74) is 0.179. The Morgan fingerprint density at radius 1 is 1.21 bits per heavy atom. The van der Waals surface area contributed by atoms with Gasteiger partial charge in [-0.15, -0.1) is 0 Å². The SMILES string of the molecule is N#Cc1nc(-c2ncn[nH]2)[nH]c1C#N. The molecule has 0 aliphatic carbocycles. The molecule has 0 radical (unpaired) electrons. The zero-order chi connectivity index (χ0) is 9.97. The van der Waals surface area contributed by atoms with Crippen LogP contribution in [0.1, 0.15) is 11.4 Å². The highest BCUT2D eigenvalue weighted by Gasteiger charge is 2.11. The number of nitriles is 2. The van der Waals surface area contributed by atoms with E-state index in [4.69, 9.17) is 10.5 Å². The summed E-state index contributed by atoms with van der Waals surface area (Å²) in [6.45, 7) is 0. The number of nitrogens with zero attached hydrogens (tertiary/aromatic N) is 5. The summed E-state index contributed by atoms with van der Waals surface area (Å²) in [5, 5.41) is 23.5. The topological polar surface area (TPSA) is 118 Å². The Kier molecular flexibility index (Phi) is 1.70. The third kappa shape index (κ3) is 1.09. The van der Waals surface area contributed by atoms with Gasteiger partial charge in [-0.2, -0.15) is 15.6 Å². The Balaban J connectivity index is 2.55. The maximum absolute atomic E-state index is 8.64. The molecule has 2 aromatic heterocycles. The molecule has 0 atom stereocenters. The Hall–Kier alpha value is -2.67. The van der Waals surface area contributed by atoms with E-state index < -0.39 is 0 Å². The second kappa shape index (κ2) is 2.99. The maximum Gasteiger partial charge on any atom is 0.191 e. The molecule has 0 amide bonds. The van der Waals surface area contributed by atoms with E-state index in [0.717, 1.165) is 0 Å². The number of aromatic nitrogens is 5. The minimum atomic E-state index is 0.0545. The Bertz CT molecular complexity index is 490. The van der Waals surface area contributed by atoms with Crippen LogP contribution in [0.5, 0.6) is 0 Å². The van der Waals surface area contributed by atoms with Crippen molar-refractivity contribution in [1.29, 1.82) is 10.5 Å². The lowest BCUT2D eigenvalue weighted by Crippen LogP contribution is -1.83. The number of rotatable bonds is 1. The van der Waals surface area contributed by atoms with E-state index >= 15 is 0 Å². The summed E-state index contributed by atoms with van der Waals surface area (Å²) in [7, 11) is 0. The molecule has 2 rings (SSSR count). The van der Waals surface area contributed by atoms with Gasteiger partial charge in [-0.1, -0.05) is 0 Å². The Morgan fingerprint density at radius 2 is 2.07 bits per heavy atom. The van der Waals surface area contributed by atoms with E-state index in [1.165, 1.54) is 6.33 Å². The van der Waals surface area contributed by atoms with Crippen LogP contribution in [0.2, 0.25) is 0 Å². The van der Waals surface area contributed by atoms with Crippen LogP contribution >= 0.6 is 0 Å². The van der Waals surface area contributed by atoms with Crippen LogP contribution < -0.4 is 0 Å². The van der Waals surface area contributed by atoms with Crippen LogP contribution in [0.3, 0.4) is 0 Å². The number of nitrogens with one attached hydrogen (secondary N) is 2. The molecule has 0 saturated carbocycles. The van der Waals surface area contributed by atoms with Crippen molar-refractivity contribution in [1.82, 2.24) is 25.1 Å². The molecule has 2 aromatic rings. The first-order chi connectivity index (χ1) is 6.85. The molecular formula is C7H3N7. The van der Waals surface area contributed by atoms with Gasteiger partial charge in [0, 0.05) is 0 Å². The lowest BCUT2D eigenvalue weighted by atomic mass is 10.4. The molecule has 2 heterocycles. The van der Waals surface area contributed by atoms with E-state index in [0.29, 0.717) is 11.6 Å². The fourth-order valence-corrected chi connectivity index (χ4v) is 0.967. The molecule has 0 aromatic carbocycles. The van der Waals surface area contributed by atoms with E-state index in [1.54, 1.807) is 6.07 Å². The highest BCUT2D eigenvalue weighted by molar-refractivity contribution is 5.49. The quantitative estimate of drug-likeness (QED) is 0.645. The van der Waals surface area contributed by atoms with Gasteiger partial charge < -0.3 is 4.98 Å². The Morgan fingerprint density at radius 3 is 2.57 bits per heavy atom. The van der Waals surface area contributed by atoms with E-state index in [-0.39, 0.29) is 11.4 Å². The van der Waals surface area contributed by atoms with Crippen LogP contribution in [0.4, 0.5) is 0 Å². The van der Waals surface area contributed by atoms with Gasteiger partial charge in [0.05, 0.1) is 0 Å². The second-order valence-electron chi connectivity index (χ2n) is 2.37. The molecule has 66 valence electrons. The highest BCUT2D eigenvalue weighted by Crippen LogP contribution is 2.11. The van der Waals surface area contributed by atoms with Crippen LogP contribution in [0.25, 0.3) is 11.6 Å². The summed E-state index contributed by atoms with van der Waals surface area (Å²) in [6, 6.07) is 3.63. The van der Waals surface area contributed by atoms with Crippen LogP contribution in [0, 0.1) is 22.7 Å². The lowest BCUT2D eigenvalue weighted by Gasteiger charge is -1.84. The fraction of sp³-hybridized carbons (Fsp3) is 0. The van der Waals surface area contributed by atoms with Gasteiger partial charge in [-0.05, 0) is 0 Å². The molecule has 0 bridgehead atoms. The third-order valence-corrected chi connectivity index (χ3v) is 1.56. The largest absolute Gasteiger partial charge is 0.326 e. The highest BCUT2D eigenvalue weighted by atomic mass is 15.2. The van der Waals surface area contributed by atoms with Crippen molar-refractivity contribution in [3.8, 4) is 23.8 Å². The van der Waals surface area contributed by atoms with Gasteiger partial charge in [0.15, 0.2) is 23.0 Å². The second-order valence-corrected chi connectivity index (χ2v) is 2.37. The van der Waals surface area contributed by atoms with Crippen molar-refractivity contribution in [3.05, 3.63) is 17.7 Å². The van der Waals surface area contributed by atoms with Crippen molar-refractivity contribution < 1.29 is 0 Å². The number of hydrogen-bond donors (Lipinski definition) is 2. The van der Waals surface area contributed by atoms with Crippen LogP contribution in [0.15, 0.2) is 6.33 Å². The maximum atomic E-state index is 8.64. The average molecular weight is 185 g/mol. The van der Waals surface area contributed by atoms with Crippen molar-refractivity contribution >= 4 is 0 Å². The van der Waals surface area contributed by atoms with Gasteiger partial charge in [0.1, 0.15) is 18.5 Å². The van der Waals surface area contributed by atoms with Gasteiger partial charge in [-0.3, -0.25) is 5.10 Å². The van der Waals surface area contributed by atoms with Crippen molar-refractivity contribution in [2.75, 3.05) is 0 Å². The van der Waals surface area contributed by atoms with Crippen molar-refractivity contribution in [2.45, 2.75) is 0 Å². The minimum absolute atomic E-state index is 0.0545. The van der Waals surface area contributed by atoms with E-state index in [1.807, 2.05) is 6.07 Å². The summed E-state index contributed by atoms with van der Waals surface area (Å²) in [4.78, 5) is 10.4. The standard InChI is InChI=1S/C7H3N7/c8-1-4-5(2-9)13-7(12-4)6-10-3-11-14-6/h3H,(H,12,13)(H,10,11,14). The van der Waals surface area contributed by atoms with Crippen LogP contribution in [-0.2, 0) is 0 Å². The molecule has 0 aliphatic heterocycles. The monoisotopic (exact) mass is 185 g/mol. The van der Waals surface area contributed by atoms with Gasteiger partial charge in [0.2, 0.25) is 0 Å². The molecule has 0 saturated heterocycles. The predicted octanol–water partition coefficient (Wildman–Crippen LogP) is -0.0618. The molecule has 0 aliphatic rings. The molecule has 0 unspecified atom stereocenters. The first-order valence-corrected chi connectivity index (χ1v) is 3.61. The summed E-state index contributed by atoms with van der Waals surface area (Å²) in [5.74, 6) is 0.721. The van der Waals surface area contributed by atoms with Gasteiger partial charge >= 0.3 is 0 Å². The molecule has 14 heavy (non-hydrogen) atoms. The van der Waals surface area contributed by atoms with E-state index in [9.17, 15) is 0 Å². The van der Waals surface area contributed by atoms with Gasteiger partial charge in [-0.25, -0.2) is 9.97 Å². The third-order valence-electron chi connectivity index (χ3n) is 1.56. The summed E-state index contributed by atoms with van der Waals surface area (Å²) >= 11 is 0. The summed E-state index contributed by atoms with van der Waals surface area (Å²) in [6.07, 6.45) is 1.32. The first-order valence-electron chi connectivity index (χ1n) is 3.61. The molecule has 7 heteroatoms. The number of aromatic amines is 2. The van der Waals surface area contributed by atoms with Crippen molar-refractivity contribution in [3.63, 3.8) is 0 Å². The zero-order valence-electron chi connectivity index (χ0n) is 6.81.